The SMILES string of the molecule is c1ccc2c(c1)-c1ccccc1C21c2ccccc2-c2ccc(N3c4cc(-n5c6ccccc6c6ccccc65)ccc4B4c5ccc(-n6c7ccccc7c7ccccc76)cc5N(c5ccc6c(c5)C5(c7ccccc7-c7ccccc75)c5ccccc5-6)c5cccc3c54)cc21. The molecule has 0 amide bonds. The predicted molar refractivity (Wildman–Crippen MR) is 402 cm³/mol. The molecule has 15 aromatic carbocycles. The molecule has 0 N–H and O–H groups in total. The van der Waals surface area contributed by atoms with Crippen molar-refractivity contribution < 1.29 is 0 Å². The largest absolute Gasteiger partial charge is 0.311 e. The fraction of sp³-hybridized carbons (Fsp3) is 0.0217. The molecule has 0 saturated carbocycles. The lowest BCUT2D eigenvalue weighted by molar-refractivity contribution is 0.793. The maximum atomic E-state index is 2.64. The molecule has 5 heteroatoms. The molecule has 97 heavy (non-hydrogen) atoms. The van der Waals surface area contributed by atoms with Crippen molar-refractivity contribution in [2.75, 3.05) is 9.80 Å². The molecule has 17 aromatic rings. The molecule has 0 radical (unpaired) electrons. The van der Waals surface area contributed by atoms with Crippen LogP contribution >= 0.6 is 0 Å². The van der Waals surface area contributed by atoms with Crippen molar-refractivity contribution in [1.29, 1.82) is 0 Å². The van der Waals surface area contributed by atoms with Crippen LogP contribution in [0.2, 0.25) is 0 Å². The van der Waals surface area contributed by atoms with Gasteiger partial charge in [-0.15, -0.1) is 0 Å². The zero-order chi connectivity index (χ0) is 63.0. The lowest BCUT2D eigenvalue weighted by Crippen LogP contribution is -2.61. The van der Waals surface area contributed by atoms with Crippen molar-refractivity contribution >= 4 is 101 Å². The van der Waals surface area contributed by atoms with Crippen molar-refractivity contribution in [3.8, 4) is 55.9 Å². The third kappa shape index (κ3) is 6.36. The molecule has 6 aliphatic rings. The summed E-state index contributed by atoms with van der Waals surface area (Å²) in [6.45, 7) is -0.152. The van der Waals surface area contributed by atoms with E-state index in [4.69, 9.17) is 0 Å². The second-order valence-electron chi connectivity index (χ2n) is 27.3. The predicted octanol–water partition coefficient (Wildman–Crippen LogP) is 20.7. The van der Waals surface area contributed by atoms with Gasteiger partial charge in [-0.3, -0.25) is 0 Å². The Balaban J connectivity index is 0.814. The maximum Gasteiger partial charge on any atom is 0.252 e. The van der Waals surface area contributed by atoms with Gasteiger partial charge >= 0.3 is 0 Å². The number of rotatable bonds is 4. The van der Waals surface area contributed by atoms with E-state index in [-0.39, 0.29) is 6.71 Å². The number of para-hydroxylation sites is 4. The summed E-state index contributed by atoms with van der Waals surface area (Å²) in [6, 6.07) is 128. The molecule has 4 aliphatic carbocycles. The van der Waals surface area contributed by atoms with Crippen molar-refractivity contribution in [2.24, 2.45) is 0 Å². The first kappa shape index (κ1) is 52.0. The van der Waals surface area contributed by atoms with E-state index in [0.717, 1.165) is 45.5 Å². The lowest BCUT2D eigenvalue weighted by atomic mass is 9.33. The Morgan fingerprint density at radius 2 is 0.485 bits per heavy atom. The second-order valence-corrected chi connectivity index (χ2v) is 27.3. The molecule has 2 aliphatic heterocycles. The zero-order valence-corrected chi connectivity index (χ0v) is 52.6. The Labute approximate surface area is 561 Å². The van der Waals surface area contributed by atoms with E-state index in [1.807, 2.05) is 0 Å². The van der Waals surface area contributed by atoms with Crippen LogP contribution in [0.5, 0.6) is 0 Å². The first-order chi connectivity index (χ1) is 48.2. The Bertz CT molecular complexity index is 5780. The molecule has 4 nitrogen and oxygen atoms in total. The molecule has 0 fully saturated rings. The molecular formula is C92H55BN4. The fourth-order valence-electron chi connectivity index (χ4n) is 19.6. The average Bonchev–Trinajstić information content (AvgIpc) is 1.63. The monoisotopic (exact) mass is 1230 g/mol. The van der Waals surface area contributed by atoms with E-state index in [1.54, 1.807) is 0 Å². The Hall–Kier alpha value is -12.4. The maximum absolute atomic E-state index is 2.64. The van der Waals surface area contributed by atoms with Gasteiger partial charge in [-0.25, -0.2) is 0 Å². The van der Waals surface area contributed by atoms with Crippen molar-refractivity contribution in [1.82, 2.24) is 9.13 Å². The highest BCUT2D eigenvalue weighted by Crippen LogP contribution is 2.66. The van der Waals surface area contributed by atoms with E-state index in [0.29, 0.717) is 0 Å². The van der Waals surface area contributed by atoms with Gasteiger partial charge in [-0.05, 0) is 190 Å². The molecule has 0 atom stereocenters. The summed E-state index contributed by atoms with van der Waals surface area (Å²) in [5.74, 6) is 0. The minimum absolute atomic E-state index is 0.152. The average molecular weight is 1230 g/mol. The molecule has 0 bridgehead atoms. The number of nitrogens with zero attached hydrogens (tertiary/aromatic N) is 4. The third-order valence-electron chi connectivity index (χ3n) is 23.1. The van der Waals surface area contributed by atoms with Crippen LogP contribution in [0.1, 0.15) is 44.5 Å². The van der Waals surface area contributed by atoms with Crippen LogP contribution in [0.4, 0.5) is 34.1 Å². The highest BCUT2D eigenvalue weighted by atomic mass is 15.2. The van der Waals surface area contributed by atoms with Crippen LogP contribution in [0.15, 0.2) is 334 Å². The van der Waals surface area contributed by atoms with Gasteiger partial charge in [0.15, 0.2) is 0 Å². The van der Waals surface area contributed by atoms with Crippen LogP contribution in [0.3, 0.4) is 0 Å². The Morgan fingerprint density at radius 1 is 0.206 bits per heavy atom. The molecule has 4 heterocycles. The van der Waals surface area contributed by atoms with Crippen LogP contribution in [0, 0.1) is 0 Å². The third-order valence-corrected chi connectivity index (χ3v) is 23.1. The number of fused-ring (bicyclic) bond motifs is 30. The minimum Gasteiger partial charge on any atom is -0.311 e. The minimum atomic E-state index is -0.536. The summed E-state index contributed by atoms with van der Waals surface area (Å²) in [4.78, 5) is 5.28. The van der Waals surface area contributed by atoms with Crippen molar-refractivity contribution in [3.63, 3.8) is 0 Å². The molecule has 446 valence electrons. The molecular weight excluding hydrogens is 1170 g/mol. The van der Waals surface area contributed by atoms with Gasteiger partial charge in [-0.1, -0.05) is 249 Å². The molecule has 2 aromatic heterocycles. The van der Waals surface area contributed by atoms with Crippen LogP contribution in [0.25, 0.3) is 99.5 Å². The molecule has 23 rings (SSSR count). The second kappa shape index (κ2) is 18.7. The van der Waals surface area contributed by atoms with Crippen LogP contribution in [-0.4, -0.2) is 15.8 Å². The first-order valence-corrected chi connectivity index (χ1v) is 34.0. The summed E-state index contributed by atoms with van der Waals surface area (Å²) in [5, 5.41) is 4.97. The van der Waals surface area contributed by atoms with Gasteiger partial charge in [0.1, 0.15) is 0 Å². The zero-order valence-electron chi connectivity index (χ0n) is 52.6. The Morgan fingerprint density at radius 3 is 0.814 bits per heavy atom. The van der Waals surface area contributed by atoms with Crippen LogP contribution in [-0.2, 0) is 10.8 Å². The summed E-state index contributed by atoms with van der Waals surface area (Å²) >= 11 is 0. The number of anilines is 6. The van der Waals surface area contributed by atoms with Crippen molar-refractivity contribution in [3.05, 3.63) is 378 Å². The highest BCUT2D eigenvalue weighted by molar-refractivity contribution is 7.00. The molecule has 0 saturated heterocycles. The lowest BCUT2D eigenvalue weighted by Gasteiger charge is -2.44. The first-order valence-electron chi connectivity index (χ1n) is 34.0. The van der Waals surface area contributed by atoms with Crippen LogP contribution < -0.4 is 26.2 Å². The van der Waals surface area contributed by atoms with E-state index >= 15 is 0 Å². The van der Waals surface area contributed by atoms with E-state index < -0.39 is 10.8 Å². The van der Waals surface area contributed by atoms with Gasteiger partial charge < -0.3 is 18.9 Å². The Kier molecular flexibility index (Phi) is 10.0. The van der Waals surface area contributed by atoms with Gasteiger partial charge in [0.05, 0.1) is 32.9 Å². The summed E-state index contributed by atoms with van der Waals surface area (Å²) in [6.07, 6.45) is 0. The van der Waals surface area contributed by atoms with Gasteiger partial charge in [0.25, 0.3) is 6.71 Å². The van der Waals surface area contributed by atoms with Gasteiger partial charge in [0, 0.05) is 67.0 Å². The summed E-state index contributed by atoms with van der Waals surface area (Å²) in [5.41, 5.74) is 37.5. The van der Waals surface area contributed by atoms with E-state index in [9.17, 15) is 0 Å². The fourth-order valence-corrected chi connectivity index (χ4v) is 19.6. The molecule has 0 unspecified atom stereocenters. The van der Waals surface area contributed by atoms with E-state index in [2.05, 4.69) is 353 Å². The normalized spacial score (nSPS) is 14.5. The number of hydrogen-bond donors (Lipinski definition) is 0. The molecule has 2 spiro atoms. The highest BCUT2D eigenvalue weighted by Gasteiger charge is 2.54. The summed E-state index contributed by atoms with van der Waals surface area (Å²) in [7, 11) is 0. The topological polar surface area (TPSA) is 16.3 Å². The van der Waals surface area contributed by atoms with Crippen molar-refractivity contribution in [2.45, 2.75) is 10.8 Å². The van der Waals surface area contributed by atoms with E-state index in [1.165, 1.54) is 149 Å². The quantitative estimate of drug-likeness (QED) is 0.163. The summed E-state index contributed by atoms with van der Waals surface area (Å²) < 4.78 is 4.98. The van der Waals surface area contributed by atoms with Gasteiger partial charge in [-0.2, -0.15) is 0 Å². The standard InChI is InChI=1S/C92H55BN4/c1-11-32-72-60(22-1)61-23-2-12-33-73(61)91(72)76-36-15-5-26-64(76)66-48-44-56(52-78(66)91)96-86-42-21-43-87-90(86)93(80-50-46-58(54-88(80)96)94-82-38-17-7-28-68(82)69-29-8-18-39-83(69)94)81-51-47-59(95-84-40-19-9-30-70(84)71-31-10-20-41-85(71)95)55-89(81)97(87)57-45-49-67-65-27-6-16-37-77(65)92(79(67)53-57)74-34-13-3-24-62(74)63-25-4-14-35-75(63)92/h1-55H. The smallest absolute Gasteiger partial charge is 0.252 e. The van der Waals surface area contributed by atoms with Gasteiger partial charge in [0.2, 0.25) is 0 Å². The number of hydrogen-bond acceptors (Lipinski definition) is 2. The number of benzene rings is 15. The number of aromatic nitrogens is 2.